The van der Waals surface area contributed by atoms with Crippen LogP contribution in [0, 0.1) is 5.41 Å². The molecule has 0 unspecified atom stereocenters. The molecule has 1 saturated carbocycles. The van der Waals surface area contributed by atoms with Gasteiger partial charge in [0, 0.05) is 0 Å². The molecule has 0 amide bonds. The van der Waals surface area contributed by atoms with Crippen molar-refractivity contribution in [1.82, 2.24) is 0 Å². The van der Waals surface area contributed by atoms with Crippen molar-refractivity contribution in [2.75, 3.05) is 0 Å². The Morgan fingerprint density at radius 3 is 2.39 bits per heavy atom. The molecule has 18 heavy (non-hydrogen) atoms. The lowest BCUT2D eigenvalue weighted by molar-refractivity contribution is 0.308. The average molecular weight is 244 g/mol. The van der Waals surface area contributed by atoms with Crippen molar-refractivity contribution in [2.45, 2.75) is 71.6 Å². The minimum absolute atomic E-state index is 0.638. The number of rotatable bonds is 6. The molecule has 0 spiro atoms. The summed E-state index contributed by atoms with van der Waals surface area (Å²) in [4.78, 5) is 0. The Balaban J connectivity index is 1.88. The third-order valence-electron chi connectivity index (χ3n) is 4.64. The van der Waals surface area contributed by atoms with Gasteiger partial charge < -0.3 is 0 Å². The Bertz CT molecular complexity index is 358. The third kappa shape index (κ3) is 3.86. The minimum Gasteiger partial charge on any atom is -0.0654 e. The van der Waals surface area contributed by atoms with E-state index in [1.807, 2.05) is 0 Å². The SMILES string of the molecule is CCCCc1cccc(CCC2(C)CCCC2)c1. The first kappa shape index (κ1) is 13.6. The summed E-state index contributed by atoms with van der Waals surface area (Å²) in [7, 11) is 0. The normalized spacial score (nSPS) is 18.1. The van der Waals surface area contributed by atoms with Crippen molar-refractivity contribution in [3.8, 4) is 0 Å². The predicted octanol–water partition coefficient (Wildman–Crippen LogP) is 5.54. The van der Waals surface area contributed by atoms with Crippen molar-refractivity contribution in [3.05, 3.63) is 35.4 Å². The van der Waals surface area contributed by atoms with E-state index < -0.39 is 0 Å². The number of hydrogen-bond donors (Lipinski definition) is 0. The summed E-state index contributed by atoms with van der Waals surface area (Å²) in [5, 5.41) is 0. The van der Waals surface area contributed by atoms with Crippen LogP contribution in [-0.4, -0.2) is 0 Å². The first-order valence-corrected chi connectivity index (χ1v) is 7.80. The van der Waals surface area contributed by atoms with Crippen LogP contribution in [0.2, 0.25) is 0 Å². The van der Waals surface area contributed by atoms with E-state index in [1.54, 1.807) is 5.56 Å². The highest BCUT2D eigenvalue weighted by Gasteiger charge is 2.27. The fourth-order valence-electron chi connectivity index (χ4n) is 3.25. The van der Waals surface area contributed by atoms with Crippen molar-refractivity contribution in [3.63, 3.8) is 0 Å². The number of hydrogen-bond acceptors (Lipinski definition) is 0. The lowest BCUT2D eigenvalue weighted by atomic mass is 9.82. The summed E-state index contributed by atoms with van der Waals surface area (Å²) in [5.41, 5.74) is 3.72. The molecule has 0 aliphatic heterocycles. The Morgan fingerprint density at radius 1 is 1.06 bits per heavy atom. The number of aryl methyl sites for hydroxylation is 2. The molecule has 1 aromatic rings. The summed E-state index contributed by atoms with van der Waals surface area (Å²) in [6.07, 6.45) is 12.3. The predicted molar refractivity (Wildman–Crippen MR) is 80.0 cm³/mol. The van der Waals surface area contributed by atoms with E-state index in [-0.39, 0.29) is 0 Å². The van der Waals surface area contributed by atoms with Crippen LogP contribution in [0.25, 0.3) is 0 Å². The zero-order valence-corrected chi connectivity index (χ0v) is 12.2. The molecule has 0 heterocycles. The van der Waals surface area contributed by atoms with Gasteiger partial charge in [-0.1, -0.05) is 57.4 Å². The summed E-state index contributed by atoms with van der Waals surface area (Å²) >= 11 is 0. The monoisotopic (exact) mass is 244 g/mol. The van der Waals surface area contributed by atoms with Gasteiger partial charge in [0.05, 0.1) is 0 Å². The van der Waals surface area contributed by atoms with Crippen LogP contribution in [-0.2, 0) is 12.8 Å². The molecule has 1 aromatic carbocycles. The van der Waals surface area contributed by atoms with Gasteiger partial charge in [-0.3, -0.25) is 0 Å². The standard InChI is InChI=1S/C18H28/c1-3-4-8-16-9-7-10-17(15-16)11-14-18(2)12-5-6-13-18/h7,9-10,15H,3-6,8,11-14H2,1-2H3. The molecule has 0 nitrogen and oxygen atoms in total. The fraction of sp³-hybridized carbons (Fsp3) is 0.667. The summed E-state index contributed by atoms with van der Waals surface area (Å²) < 4.78 is 0. The van der Waals surface area contributed by atoms with Crippen molar-refractivity contribution in [2.24, 2.45) is 5.41 Å². The second-order valence-electron chi connectivity index (χ2n) is 6.44. The molecule has 2 rings (SSSR count). The first-order valence-electron chi connectivity index (χ1n) is 7.80. The van der Waals surface area contributed by atoms with Crippen molar-refractivity contribution >= 4 is 0 Å². The molecule has 100 valence electrons. The van der Waals surface area contributed by atoms with Crippen molar-refractivity contribution < 1.29 is 0 Å². The molecular weight excluding hydrogens is 216 g/mol. The zero-order valence-electron chi connectivity index (χ0n) is 12.2. The van der Waals surface area contributed by atoms with Crippen LogP contribution in [0.1, 0.15) is 69.9 Å². The molecule has 0 atom stereocenters. The number of benzene rings is 1. The Hall–Kier alpha value is -0.780. The van der Waals surface area contributed by atoms with E-state index in [9.17, 15) is 0 Å². The molecule has 1 aliphatic carbocycles. The van der Waals surface area contributed by atoms with Gasteiger partial charge in [-0.15, -0.1) is 0 Å². The molecule has 0 radical (unpaired) electrons. The summed E-state index contributed by atoms with van der Waals surface area (Å²) in [6.45, 7) is 4.76. The van der Waals surface area contributed by atoms with Gasteiger partial charge in [0.25, 0.3) is 0 Å². The van der Waals surface area contributed by atoms with E-state index in [2.05, 4.69) is 38.1 Å². The van der Waals surface area contributed by atoms with Crippen LogP contribution in [0.15, 0.2) is 24.3 Å². The van der Waals surface area contributed by atoms with Crippen LogP contribution in [0.3, 0.4) is 0 Å². The average Bonchev–Trinajstić information content (AvgIpc) is 2.82. The van der Waals surface area contributed by atoms with Gasteiger partial charge in [-0.25, -0.2) is 0 Å². The topological polar surface area (TPSA) is 0 Å². The first-order chi connectivity index (χ1) is 8.72. The second-order valence-corrected chi connectivity index (χ2v) is 6.44. The smallest absolute Gasteiger partial charge is 0.0274 e. The van der Waals surface area contributed by atoms with Crippen LogP contribution >= 0.6 is 0 Å². The maximum Gasteiger partial charge on any atom is -0.0274 e. The maximum absolute atomic E-state index is 2.49. The van der Waals surface area contributed by atoms with E-state index in [4.69, 9.17) is 0 Å². The quantitative estimate of drug-likeness (QED) is 0.616. The molecule has 0 aromatic heterocycles. The third-order valence-corrected chi connectivity index (χ3v) is 4.64. The molecular formula is C18H28. The van der Waals surface area contributed by atoms with Gasteiger partial charge in [0.1, 0.15) is 0 Å². The second kappa shape index (κ2) is 6.41. The van der Waals surface area contributed by atoms with Gasteiger partial charge in [0.15, 0.2) is 0 Å². The van der Waals surface area contributed by atoms with Crippen LogP contribution < -0.4 is 0 Å². The molecule has 0 saturated heterocycles. The summed E-state index contributed by atoms with van der Waals surface area (Å²) in [6, 6.07) is 9.29. The van der Waals surface area contributed by atoms with Gasteiger partial charge in [0.2, 0.25) is 0 Å². The lowest BCUT2D eigenvalue weighted by Crippen LogP contribution is -2.11. The fourth-order valence-corrected chi connectivity index (χ4v) is 3.25. The molecule has 0 bridgehead atoms. The van der Waals surface area contributed by atoms with Crippen LogP contribution in [0.4, 0.5) is 0 Å². The van der Waals surface area contributed by atoms with E-state index in [1.165, 1.54) is 63.4 Å². The maximum atomic E-state index is 2.49. The molecule has 1 fully saturated rings. The van der Waals surface area contributed by atoms with E-state index >= 15 is 0 Å². The van der Waals surface area contributed by atoms with E-state index in [0.29, 0.717) is 5.41 Å². The largest absolute Gasteiger partial charge is 0.0654 e. The lowest BCUT2D eigenvalue weighted by Gasteiger charge is -2.23. The zero-order chi connectivity index (χ0) is 12.8. The Morgan fingerprint density at radius 2 is 1.72 bits per heavy atom. The number of unbranched alkanes of at least 4 members (excludes halogenated alkanes) is 1. The molecule has 1 aliphatic rings. The van der Waals surface area contributed by atoms with Gasteiger partial charge in [-0.05, 0) is 55.1 Å². The van der Waals surface area contributed by atoms with Gasteiger partial charge in [-0.2, -0.15) is 0 Å². The Labute approximate surface area is 113 Å². The van der Waals surface area contributed by atoms with E-state index in [0.717, 1.165) is 0 Å². The van der Waals surface area contributed by atoms with Crippen LogP contribution in [0.5, 0.6) is 0 Å². The summed E-state index contributed by atoms with van der Waals surface area (Å²) in [5.74, 6) is 0. The van der Waals surface area contributed by atoms with Gasteiger partial charge >= 0.3 is 0 Å². The molecule has 0 heteroatoms. The Kier molecular flexibility index (Phi) is 4.86. The highest BCUT2D eigenvalue weighted by Crippen LogP contribution is 2.41. The highest BCUT2D eigenvalue weighted by atomic mass is 14.3. The molecule has 0 N–H and O–H groups in total. The van der Waals surface area contributed by atoms with Crippen molar-refractivity contribution in [1.29, 1.82) is 0 Å². The highest BCUT2D eigenvalue weighted by molar-refractivity contribution is 5.23. The minimum atomic E-state index is 0.638.